The first-order valence-corrected chi connectivity index (χ1v) is 8.69. The topological polar surface area (TPSA) is 99.5 Å². The lowest BCUT2D eigenvalue weighted by Gasteiger charge is -2.22. The molecule has 0 bridgehead atoms. The van der Waals surface area contributed by atoms with E-state index in [1.807, 2.05) is 6.07 Å². The van der Waals surface area contributed by atoms with Gasteiger partial charge in [0.05, 0.1) is 35.0 Å². The number of amides is 2. The maximum Gasteiger partial charge on any atom is 0.337 e. The highest BCUT2D eigenvalue weighted by Crippen LogP contribution is 2.28. The average molecular weight is 400 g/mol. The molecule has 0 atom stereocenters. The number of anilines is 2. The standard InChI is InChI=1S/C20H18ClN3O4/c1-13(25)24(18-11-15(20(27)28-2)6-7-17(18)21)9-8-19(26)23-16-5-3-4-14(10-16)12-22/h3-7,10-11H,8-9H2,1-2H3,(H,23,26). The van der Waals surface area contributed by atoms with Gasteiger partial charge in [-0.2, -0.15) is 5.26 Å². The van der Waals surface area contributed by atoms with Gasteiger partial charge < -0.3 is 15.0 Å². The summed E-state index contributed by atoms with van der Waals surface area (Å²) in [7, 11) is 1.25. The second-order valence-electron chi connectivity index (χ2n) is 5.82. The third kappa shape index (κ3) is 5.32. The molecule has 1 N–H and O–H groups in total. The van der Waals surface area contributed by atoms with Crippen molar-refractivity contribution in [1.82, 2.24) is 0 Å². The average Bonchev–Trinajstić information content (AvgIpc) is 2.68. The molecule has 0 aromatic heterocycles. The fourth-order valence-corrected chi connectivity index (χ4v) is 2.73. The molecule has 2 aromatic rings. The van der Waals surface area contributed by atoms with Gasteiger partial charge in [-0.05, 0) is 36.4 Å². The molecule has 0 saturated carbocycles. The maximum absolute atomic E-state index is 12.2. The van der Waals surface area contributed by atoms with Crippen LogP contribution in [-0.4, -0.2) is 31.4 Å². The van der Waals surface area contributed by atoms with Crippen molar-refractivity contribution >= 4 is 40.8 Å². The summed E-state index contributed by atoms with van der Waals surface area (Å²) in [5, 5.41) is 11.9. The molecular formula is C20H18ClN3O4. The Balaban J connectivity index is 2.13. The van der Waals surface area contributed by atoms with Crippen LogP contribution in [0.3, 0.4) is 0 Å². The van der Waals surface area contributed by atoms with Crippen LogP contribution in [0.15, 0.2) is 42.5 Å². The number of esters is 1. The Hall–Kier alpha value is -3.37. The molecule has 0 spiro atoms. The van der Waals surface area contributed by atoms with Crippen LogP contribution in [0.2, 0.25) is 5.02 Å². The number of benzene rings is 2. The Bertz CT molecular complexity index is 953. The summed E-state index contributed by atoms with van der Waals surface area (Å²) in [5.74, 6) is -1.22. The fourth-order valence-electron chi connectivity index (χ4n) is 2.52. The Morgan fingerprint density at radius 2 is 1.96 bits per heavy atom. The summed E-state index contributed by atoms with van der Waals surface area (Å²) in [5.41, 5.74) is 1.47. The predicted molar refractivity (Wildman–Crippen MR) is 105 cm³/mol. The zero-order valence-electron chi connectivity index (χ0n) is 15.4. The first kappa shape index (κ1) is 20.9. The largest absolute Gasteiger partial charge is 0.465 e. The van der Waals surface area contributed by atoms with Crippen LogP contribution in [0.5, 0.6) is 0 Å². The molecule has 7 nitrogen and oxygen atoms in total. The lowest BCUT2D eigenvalue weighted by Crippen LogP contribution is -2.32. The van der Waals surface area contributed by atoms with Gasteiger partial charge in [0.2, 0.25) is 11.8 Å². The third-order valence-electron chi connectivity index (χ3n) is 3.88. The lowest BCUT2D eigenvalue weighted by atomic mass is 10.1. The van der Waals surface area contributed by atoms with E-state index in [1.54, 1.807) is 24.3 Å². The molecular weight excluding hydrogens is 382 g/mol. The molecule has 0 fully saturated rings. The smallest absolute Gasteiger partial charge is 0.337 e. The van der Waals surface area contributed by atoms with E-state index in [-0.39, 0.29) is 35.4 Å². The minimum Gasteiger partial charge on any atom is -0.465 e. The van der Waals surface area contributed by atoms with Crippen molar-refractivity contribution in [1.29, 1.82) is 5.26 Å². The highest BCUT2D eigenvalue weighted by molar-refractivity contribution is 6.34. The van der Waals surface area contributed by atoms with Gasteiger partial charge in [-0.1, -0.05) is 17.7 Å². The first-order chi connectivity index (χ1) is 13.3. The van der Waals surface area contributed by atoms with E-state index in [9.17, 15) is 14.4 Å². The number of carbonyl (C=O) groups is 3. The van der Waals surface area contributed by atoms with Crippen molar-refractivity contribution in [2.24, 2.45) is 0 Å². The van der Waals surface area contributed by atoms with E-state index < -0.39 is 5.97 Å². The van der Waals surface area contributed by atoms with Gasteiger partial charge in [0, 0.05) is 25.6 Å². The molecule has 2 amide bonds. The van der Waals surface area contributed by atoms with E-state index in [2.05, 4.69) is 10.1 Å². The van der Waals surface area contributed by atoms with Crippen molar-refractivity contribution < 1.29 is 19.1 Å². The number of rotatable bonds is 6. The van der Waals surface area contributed by atoms with Gasteiger partial charge in [-0.25, -0.2) is 4.79 Å². The second kappa shape index (κ2) is 9.53. The van der Waals surface area contributed by atoms with E-state index in [4.69, 9.17) is 16.9 Å². The zero-order valence-corrected chi connectivity index (χ0v) is 16.1. The first-order valence-electron chi connectivity index (χ1n) is 8.31. The maximum atomic E-state index is 12.2. The van der Waals surface area contributed by atoms with Crippen LogP contribution < -0.4 is 10.2 Å². The van der Waals surface area contributed by atoms with E-state index in [0.717, 1.165) is 0 Å². The Morgan fingerprint density at radius 1 is 1.21 bits per heavy atom. The SMILES string of the molecule is COC(=O)c1ccc(Cl)c(N(CCC(=O)Nc2cccc(C#N)c2)C(C)=O)c1. The van der Waals surface area contributed by atoms with Crippen molar-refractivity contribution in [2.75, 3.05) is 23.9 Å². The van der Waals surface area contributed by atoms with Crippen LogP contribution >= 0.6 is 11.6 Å². The predicted octanol–water partition coefficient (Wildman–Crippen LogP) is 3.38. The molecule has 2 aromatic carbocycles. The summed E-state index contributed by atoms with van der Waals surface area (Å²) in [6.07, 6.45) is -0.00482. The number of nitriles is 1. The molecule has 0 aliphatic rings. The molecule has 2 rings (SSSR count). The van der Waals surface area contributed by atoms with Gasteiger partial charge in [0.25, 0.3) is 0 Å². The van der Waals surface area contributed by atoms with Crippen LogP contribution in [0.25, 0.3) is 0 Å². The summed E-state index contributed by atoms with van der Waals surface area (Å²) < 4.78 is 4.68. The van der Waals surface area contributed by atoms with Gasteiger partial charge in [0.1, 0.15) is 0 Å². The Morgan fingerprint density at radius 3 is 2.61 bits per heavy atom. The molecule has 144 valence electrons. The van der Waals surface area contributed by atoms with E-state index in [1.165, 1.54) is 37.1 Å². The number of ether oxygens (including phenoxy) is 1. The van der Waals surface area contributed by atoms with E-state index in [0.29, 0.717) is 16.9 Å². The molecule has 0 aliphatic carbocycles. The van der Waals surface area contributed by atoms with Crippen molar-refractivity contribution in [3.05, 3.63) is 58.6 Å². The number of carbonyl (C=O) groups excluding carboxylic acids is 3. The fraction of sp³-hybridized carbons (Fsp3) is 0.200. The molecule has 0 saturated heterocycles. The van der Waals surface area contributed by atoms with E-state index >= 15 is 0 Å². The highest BCUT2D eigenvalue weighted by Gasteiger charge is 2.19. The van der Waals surface area contributed by atoms with Gasteiger partial charge in [-0.3, -0.25) is 9.59 Å². The summed E-state index contributed by atoms with van der Waals surface area (Å²) in [6, 6.07) is 12.9. The summed E-state index contributed by atoms with van der Waals surface area (Å²) in [4.78, 5) is 37.4. The number of hydrogen-bond acceptors (Lipinski definition) is 5. The summed E-state index contributed by atoms with van der Waals surface area (Å²) in [6.45, 7) is 1.40. The van der Waals surface area contributed by atoms with Crippen molar-refractivity contribution in [3.8, 4) is 6.07 Å². The molecule has 0 aliphatic heterocycles. The van der Waals surface area contributed by atoms with Crippen LogP contribution in [0.4, 0.5) is 11.4 Å². The summed E-state index contributed by atoms with van der Waals surface area (Å²) >= 11 is 6.18. The minimum atomic E-state index is -0.559. The number of methoxy groups -OCH3 is 1. The highest BCUT2D eigenvalue weighted by atomic mass is 35.5. The van der Waals surface area contributed by atoms with Crippen LogP contribution in [0, 0.1) is 11.3 Å². The van der Waals surface area contributed by atoms with Crippen molar-refractivity contribution in [2.45, 2.75) is 13.3 Å². The van der Waals surface area contributed by atoms with Crippen LogP contribution in [-0.2, 0) is 14.3 Å². The van der Waals surface area contributed by atoms with Crippen molar-refractivity contribution in [3.63, 3.8) is 0 Å². The van der Waals surface area contributed by atoms with Gasteiger partial charge >= 0.3 is 5.97 Å². The Labute approximate surface area is 167 Å². The lowest BCUT2D eigenvalue weighted by molar-refractivity contribution is -0.117. The molecule has 0 unspecified atom stereocenters. The molecule has 8 heteroatoms. The second-order valence-corrected chi connectivity index (χ2v) is 6.23. The Kier molecular flexibility index (Phi) is 7.13. The number of nitrogens with one attached hydrogen (secondary N) is 1. The third-order valence-corrected chi connectivity index (χ3v) is 4.20. The quantitative estimate of drug-likeness (QED) is 0.750. The minimum absolute atomic E-state index is 0.00482. The molecule has 0 heterocycles. The molecule has 28 heavy (non-hydrogen) atoms. The monoisotopic (exact) mass is 399 g/mol. The zero-order chi connectivity index (χ0) is 20.7. The normalized spacial score (nSPS) is 9.93. The molecule has 0 radical (unpaired) electrons. The number of hydrogen-bond donors (Lipinski definition) is 1. The van der Waals surface area contributed by atoms with Gasteiger partial charge in [0.15, 0.2) is 0 Å². The van der Waals surface area contributed by atoms with Crippen LogP contribution in [0.1, 0.15) is 29.3 Å². The number of nitrogens with zero attached hydrogens (tertiary/aromatic N) is 2. The van der Waals surface area contributed by atoms with Gasteiger partial charge in [-0.15, -0.1) is 0 Å². The number of halogens is 1.